The molecule has 8 nitrogen and oxygen atoms in total. The molecule has 3 rings (SSSR count). The summed E-state index contributed by atoms with van der Waals surface area (Å²) < 4.78 is 16.8. The van der Waals surface area contributed by atoms with E-state index in [0.29, 0.717) is 31.3 Å². The molecule has 1 aromatic carbocycles. The fourth-order valence-corrected chi connectivity index (χ4v) is 2.87. The number of ether oxygens (including phenoxy) is 3. The highest BCUT2D eigenvalue weighted by atomic mass is 16.5. The van der Waals surface area contributed by atoms with Crippen molar-refractivity contribution in [3.63, 3.8) is 0 Å². The quantitative estimate of drug-likeness (QED) is 0.687. The number of rotatable bonds is 8. The van der Waals surface area contributed by atoms with Crippen molar-refractivity contribution in [1.29, 1.82) is 0 Å². The standard InChI is InChI=1S/C20H26N4O4/c1-4-26-15-5-7-16(8-6-15)27-14-20(25)24-12-11-17(13-24)28-19-10-9-18(21-22-19)23(2)3/h5-10,17H,4,11-14H2,1-3H3. The Morgan fingerprint density at radius 2 is 1.82 bits per heavy atom. The van der Waals surface area contributed by atoms with Crippen molar-refractivity contribution in [2.45, 2.75) is 19.4 Å². The first-order valence-electron chi connectivity index (χ1n) is 9.36. The molecule has 0 saturated carbocycles. The highest BCUT2D eigenvalue weighted by Gasteiger charge is 2.28. The summed E-state index contributed by atoms with van der Waals surface area (Å²) in [6.07, 6.45) is 0.667. The van der Waals surface area contributed by atoms with Gasteiger partial charge in [0.1, 0.15) is 17.6 Å². The molecule has 0 radical (unpaired) electrons. The summed E-state index contributed by atoms with van der Waals surface area (Å²) in [4.78, 5) is 16.0. The summed E-state index contributed by atoms with van der Waals surface area (Å²) in [6.45, 7) is 3.70. The van der Waals surface area contributed by atoms with Crippen molar-refractivity contribution in [2.24, 2.45) is 0 Å². The van der Waals surface area contributed by atoms with Crippen LogP contribution >= 0.6 is 0 Å². The van der Waals surface area contributed by atoms with Gasteiger partial charge in [-0.15, -0.1) is 10.2 Å². The molecule has 2 heterocycles. The number of hydrogen-bond donors (Lipinski definition) is 0. The highest BCUT2D eigenvalue weighted by molar-refractivity contribution is 5.78. The number of carbonyl (C=O) groups is 1. The Morgan fingerprint density at radius 1 is 1.11 bits per heavy atom. The van der Waals surface area contributed by atoms with Crippen LogP contribution in [0.25, 0.3) is 0 Å². The number of carbonyl (C=O) groups excluding carboxylic acids is 1. The van der Waals surface area contributed by atoms with Gasteiger partial charge in [-0.3, -0.25) is 4.79 Å². The van der Waals surface area contributed by atoms with Crippen molar-refractivity contribution in [2.75, 3.05) is 45.3 Å². The maximum absolute atomic E-state index is 12.4. The van der Waals surface area contributed by atoms with E-state index >= 15 is 0 Å². The zero-order chi connectivity index (χ0) is 19.9. The molecule has 28 heavy (non-hydrogen) atoms. The summed E-state index contributed by atoms with van der Waals surface area (Å²) in [5, 5.41) is 8.17. The molecule has 150 valence electrons. The molecule has 0 spiro atoms. The van der Waals surface area contributed by atoms with E-state index < -0.39 is 0 Å². The van der Waals surface area contributed by atoms with Crippen LogP contribution in [0, 0.1) is 0 Å². The molecular formula is C20H26N4O4. The number of anilines is 1. The molecular weight excluding hydrogens is 360 g/mol. The topological polar surface area (TPSA) is 77.0 Å². The SMILES string of the molecule is CCOc1ccc(OCC(=O)N2CCC(Oc3ccc(N(C)C)nn3)C2)cc1. The van der Waals surface area contributed by atoms with Gasteiger partial charge < -0.3 is 24.0 Å². The first kappa shape index (κ1) is 19.7. The van der Waals surface area contributed by atoms with Crippen molar-refractivity contribution in [3.05, 3.63) is 36.4 Å². The number of benzene rings is 1. The van der Waals surface area contributed by atoms with Gasteiger partial charge in [-0.25, -0.2) is 0 Å². The Hall–Kier alpha value is -3.03. The lowest BCUT2D eigenvalue weighted by atomic mass is 10.3. The summed E-state index contributed by atoms with van der Waals surface area (Å²) >= 11 is 0. The van der Waals surface area contributed by atoms with Gasteiger partial charge in [0.05, 0.1) is 13.2 Å². The molecule has 2 aromatic rings. The van der Waals surface area contributed by atoms with Crippen molar-refractivity contribution < 1.29 is 19.0 Å². The van der Waals surface area contributed by atoms with Crippen LogP contribution in [0.4, 0.5) is 5.82 Å². The van der Waals surface area contributed by atoms with Crippen LogP contribution in [0.2, 0.25) is 0 Å². The Labute approximate surface area is 165 Å². The Morgan fingerprint density at radius 3 is 2.43 bits per heavy atom. The number of amides is 1. The van der Waals surface area contributed by atoms with Crippen LogP contribution in [-0.4, -0.2) is 67.5 Å². The Balaban J connectivity index is 1.44. The van der Waals surface area contributed by atoms with Gasteiger partial charge in [-0.05, 0) is 37.3 Å². The normalized spacial score (nSPS) is 16.0. The Bertz CT molecular complexity index is 765. The summed E-state index contributed by atoms with van der Waals surface area (Å²) in [7, 11) is 3.81. The average molecular weight is 386 g/mol. The first-order valence-corrected chi connectivity index (χ1v) is 9.36. The number of nitrogens with zero attached hydrogens (tertiary/aromatic N) is 4. The van der Waals surface area contributed by atoms with Gasteiger partial charge in [0.25, 0.3) is 5.91 Å². The lowest BCUT2D eigenvalue weighted by Gasteiger charge is -2.17. The van der Waals surface area contributed by atoms with Gasteiger partial charge in [-0.1, -0.05) is 0 Å². The summed E-state index contributed by atoms with van der Waals surface area (Å²) in [6, 6.07) is 10.9. The predicted octanol–water partition coefficient (Wildman–Crippen LogP) is 2.00. The van der Waals surface area contributed by atoms with Crippen molar-refractivity contribution in [1.82, 2.24) is 15.1 Å². The maximum atomic E-state index is 12.4. The monoisotopic (exact) mass is 386 g/mol. The van der Waals surface area contributed by atoms with Crippen LogP contribution in [0.3, 0.4) is 0 Å². The molecule has 1 aromatic heterocycles. The molecule has 1 saturated heterocycles. The highest BCUT2D eigenvalue weighted by Crippen LogP contribution is 2.19. The van der Waals surface area contributed by atoms with E-state index in [9.17, 15) is 4.79 Å². The van der Waals surface area contributed by atoms with Gasteiger partial charge in [-0.2, -0.15) is 0 Å². The molecule has 0 bridgehead atoms. The second-order valence-corrected chi connectivity index (χ2v) is 6.69. The molecule has 1 fully saturated rings. The minimum atomic E-state index is -0.0890. The van der Waals surface area contributed by atoms with E-state index in [-0.39, 0.29) is 18.6 Å². The molecule has 1 aliphatic heterocycles. The van der Waals surface area contributed by atoms with E-state index in [0.717, 1.165) is 18.0 Å². The minimum absolute atomic E-state index is 0.00195. The number of hydrogen-bond acceptors (Lipinski definition) is 7. The van der Waals surface area contributed by atoms with E-state index in [2.05, 4.69) is 10.2 Å². The molecule has 8 heteroatoms. The summed E-state index contributed by atoms with van der Waals surface area (Å²) in [5.74, 6) is 2.59. The van der Waals surface area contributed by atoms with E-state index in [1.165, 1.54) is 0 Å². The third kappa shape index (κ3) is 5.25. The zero-order valence-corrected chi connectivity index (χ0v) is 16.5. The lowest BCUT2D eigenvalue weighted by Crippen LogP contribution is -2.34. The number of aromatic nitrogens is 2. The second kappa shape index (κ2) is 9.25. The second-order valence-electron chi connectivity index (χ2n) is 6.69. The lowest BCUT2D eigenvalue weighted by molar-refractivity contribution is -0.132. The van der Waals surface area contributed by atoms with E-state index in [4.69, 9.17) is 14.2 Å². The predicted molar refractivity (Wildman–Crippen MR) is 105 cm³/mol. The van der Waals surface area contributed by atoms with Gasteiger partial charge in [0.15, 0.2) is 12.4 Å². The molecule has 1 amide bonds. The van der Waals surface area contributed by atoms with Crippen molar-refractivity contribution in [3.8, 4) is 17.4 Å². The smallest absolute Gasteiger partial charge is 0.260 e. The van der Waals surface area contributed by atoms with Gasteiger partial charge >= 0.3 is 0 Å². The molecule has 0 aliphatic carbocycles. The molecule has 1 atom stereocenters. The van der Waals surface area contributed by atoms with Crippen LogP contribution in [0.1, 0.15) is 13.3 Å². The fourth-order valence-electron chi connectivity index (χ4n) is 2.87. The third-order valence-corrected chi connectivity index (χ3v) is 4.37. The average Bonchev–Trinajstić information content (AvgIpc) is 3.16. The zero-order valence-electron chi connectivity index (χ0n) is 16.5. The Kier molecular flexibility index (Phi) is 6.52. The first-order chi connectivity index (χ1) is 13.5. The van der Waals surface area contributed by atoms with Crippen LogP contribution in [0.15, 0.2) is 36.4 Å². The molecule has 1 unspecified atom stereocenters. The van der Waals surface area contributed by atoms with Gasteiger partial charge in [0, 0.05) is 33.1 Å². The van der Waals surface area contributed by atoms with Crippen LogP contribution in [-0.2, 0) is 4.79 Å². The van der Waals surface area contributed by atoms with E-state index in [1.807, 2.05) is 44.1 Å². The minimum Gasteiger partial charge on any atom is -0.494 e. The fraction of sp³-hybridized carbons (Fsp3) is 0.450. The van der Waals surface area contributed by atoms with Crippen molar-refractivity contribution >= 4 is 11.7 Å². The number of likely N-dealkylation sites (tertiary alicyclic amines) is 1. The van der Waals surface area contributed by atoms with E-state index in [1.54, 1.807) is 23.1 Å². The van der Waals surface area contributed by atoms with Crippen LogP contribution in [0.5, 0.6) is 17.4 Å². The van der Waals surface area contributed by atoms with Gasteiger partial charge in [0.2, 0.25) is 5.88 Å². The molecule has 0 N–H and O–H groups in total. The molecule has 1 aliphatic rings. The third-order valence-electron chi connectivity index (χ3n) is 4.37. The van der Waals surface area contributed by atoms with Crippen LogP contribution < -0.4 is 19.1 Å². The summed E-state index contributed by atoms with van der Waals surface area (Å²) in [5.41, 5.74) is 0. The maximum Gasteiger partial charge on any atom is 0.260 e. The largest absolute Gasteiger partial charge is 0.494 e.